The molecule has 1 saturated heterocycles. The summed E-state index contributed by atoms with van der Waals surface area (Å²) in [6.45, 7) is 11.9. The van der Waals surface area contributed by atoms with Crippen molar-refractivity contribution in [1.29, 1.82) is 0 Å². The molecule has 1 heteroatoms. The third-order valence-electron chi connectivity index (χ3n) is 6.09. The average molecular weight is 262 g/mol. The van der Waals surface area contributed by atoms with Crippen LogP contribution in [0.5, 0.6) is 0 Å². The molecular weight excluding hydrogens is 232 g/mol. The van der Waals surface area contributed by atoms with Crippen LogP contribution in [0.3, 0.4) is 0 Å². The highest BCUT2D eigenvalue weighted by Crippen LogP contribution is 2.57. The van der Waals surface area contributed by atoms with Crippen LogP contribution in [0, 0.1) is 11.3 Å². The second kappa shape index (κ2) is 4.10. The first-order valence-electron chi connectivity index (χ1n) is 8.18. The number of hydrogen-bond donors (Lipinski definition) is 0. The Bertz CT molecular complexity index is 415. The van der Waals surface area contributed by atoms with Crippen LogP contribution >= 0.6 is 0 Å². The van der Waals surface area contributed by atoms with Crippen LogP contribution in [0.1, 0.15) is 79.6 Å². The predicted octanol–water partition coefficient (Wildman–Crippen LogP) is 5.25. The summed E-state index contributed by atoms with van der Waals surface area (Å²) in [5, 5.41) is 0. The molecular formula is C18H30O. The van der Waals surface area contributed by atoms with E-state index in [0.29, 0.717) is 11.3 Å². The highest BCUT2D eigenvalue weighted by atomic mass is 16.5. The van der Waals surface area contributed by atoms with Crippen LogP contribution in [0.25, 0.3) is 0 Å². The number of allylic oxidation sites excluding steroid dienone is 1. The molecule has 1 spiro atoms. The van der Waals surface area contributed by atoms with E-state index >= 15 is 0 Å². The van der Waals surface area contributed by atoms with Gasteiger partial charge in [0.25, 0.3) is 0 Å². The fourth-order valence-corrected chi connectivity index (χ4v) is 5.13. The quantitative estimate of drug-likeness (QED) is 0.542. The van der Waals surface area contributed by atoms with Crippen LogP contribution in [0.2, 0.25) is 0 Å². The lowest BCUT2D eigenvalue weighted by molar-refractivity contribution is -0.118. The first kappa shape index (κ1) is 13.7. The predicted molar refractivity (Wildman–Crippen MR) is 80.2 cm³/mol. The van der Waals surface area contributed by atoms with Gasteiger partial charge in [0.2, 0.25) is 0 Å². The van der Waals surface area contributed by atoms with Gasteiger partial charge in [-0.15, -0.1) is 0 Å². The molecule has 1 aliphatic heterocycles. The summed E-state index contributed by atoms with van der Waals surface area (Å²) in [5.74, 6) is 0.619. The Morgan fingerprint density at radius 1 is 0.947 bits per heavy atom. The molecule has 3 aliphatic rings. The van der Waals surface area contributed by atoms with Crippen molar-refractivity contribution in [3.05, 3.63) is 11.1 Å². The summed E-state index contributed by atoms with van der Waals surface area (Å²) in [6.07, 6.45) is 9.12. The molecule has 1 nitrogen and oxygen atoms in total. The zero-order valence-electron chi connectivity index (χ0n) is 13.4. The topological polar surface area (TPSA) is 9.23 Å². The van der Waals surface area contributed by atoms with Crippen LogP contribution in [0.15, 0.2) is 11.1 Å². The SMILES string of the molecule is C[C@H]1C2=C(CCCC2(C)C)CC[C@@]12CCC(C)(C)O2. The maximum atomic E-state index is 6.60. The Morgan fingerprint density at radius 2 is 1.68 bits per heavy atom. The second-order valence-corrected chi connectivity index (χ2v) is 8.40. The zero-order chi connectivity index (χ0) is 13.9. The Labute approximate surface area is 118 Å². The second-order valence-electron chi connectivity index (χ2n) is 8.40. The molecule has 0 aromatic carbocycles. The van der Waals surface area contributed by atoms with E-state index in [-0.39, 0.29) is 11.2 Å². The number of rotatable bonds is 0. The zero-order valence-corrected chi connectivity index (χ0v) is 13.4. The van der Waals surface area contributed by atoms with Gasteiger partial charge in [-0.3, -0.25) is 0 Å². The van der Waals surface area contributed by atoms with E-state index in [1.807, 2.05) is 0 Å². The molecule has 3 rings (SSSR count). The molecule has 0 N–H and O–H groups in total. The van der Waals surface area contributed by atoms with Gasteiger partial charge in [0, 0.05) is 5.92 Å². The fraction of sp³-hybridized carbons (Fsp3) is 0.889. The highest BCUT2D eigenvalue weighted by Gasteiger charge is 2.53. The molecule has 0 saturated carbocycles. The Morgan fingerprint density at radius 3 is 2.32 bits per heavy atom. The molecule has 108 valence electrons. The van der Waals surface area contributed by atoms with E-state index in [9.17, 15) is 0 Å². The highest BCUT2D eigenvalue weighted by molar-refractivity contribution is 5.32. The van der Waals surface area contributed by atoms with Crippen molar-refractivity contribution in [3.63, 3.8) is 0 Å². The first-order valence-corrected chi connectivity index (χ1v) is 8.18. The van der Waals surface area contributed by atoms with Crippen molar-refractivity contribution in [2.45, 2.75) is 90.8 Å². The fourth-order valence-electron chi connectivity index (χ4n) is 5.13. The van der Waals surface area contributed by atoms with E-state index in [0.717, 1.165) is 0 Å². The smallest absolute Gasteiger partial charge is 0.0756 e. The number of hydrogen-bond acceptors (Lipinski definition) is 1. The summed E-state index contributed by atoms with van der Waals surface area (Å²) in [5.41, 5.74) is 4.18. The van der Waals surface area contributed by atoms with E-state index in [4.69, 9.17) is 4.74 Å². The number of ether oxygens (including phenoxy) is 1. The van der Waals surface area contributed by atoms with Crippen molar-refractivity contribution < 1.29 is 4.74 Å². The van der Waals surface area contributed by atoms with Crippen LogP contribution in [-0.2, 0) is 4.74 Å². The van der Waals surface area contributed by atoms with Gasteiger partial charge < -0.3 is 4.74 Å². The van der Waals surface area contributed by atoms with Gasteiger partial charge >= 0.3 is 0 Å². The molecule has 0 radical (unpaired) electrons. The minimum atomic E-state index is 0.0884. The lowest BCUT2D eigenvalue weighted by Crippen LogP contribution is -2.45. The van der Waals surface area contributed by atoms with Gasteiger partial charge in [0.15, 0.2) is 0 Å². The van der Waals surface area contributed by atoms with Gasteiger partial charge in [-0.2, -0.15) is 0 Å². The third kappa shape index (κ3) is 2.09. The van der Waals surface area contributed by atoms with Crippen LogP contribution < -0.4 is 0 Å². The molecule has 1 fully saturated rings. The minimum absolute atomic E-state index is 0.0884. The average Bonchev–Trinajstić information content (AvgIpc) is 2.60. The Kier molecular flexibility index (Phi) is 2.95. The summed E-state index contributed by atoms with van der Waals surface area (Å²) in [4.78, 5) is 0. The molecule has 0 aromatic heterocycles. The van der Waals surface area contributed by atoms with E-state index in [2.05, 4.69) is 34.6 Å². The monoisotopic (exact) mass is 262 g/mol. The van der Waals surface area contributed by atoms with Gasteiger partial charge in [0.1, 0.15) is 0 Å². The van der Waals surface area contributed by atoms with Crippen molar-refractivity contribution in [2.75, 3.05) is 0 Å². The van der Waals surface area contributed by atoms with Crippen molar-refractivity contribution >= 4 is 0 Å². The van der Waals surface area contributed by atoms with E-state index in [1.54, 1.807) is 11.1 Å². The maximum Gasteiger partial charge on any atom is 0.0756 e. The van der Waals surface area contributed by atoms with Crippen molar-refractivity contribution in [3.8, 4) is 0 Å². The third-order valence-corrected chi connectivity index (χ3v) is 6.09. The largest absolute Gasteiger partial charge is 0.369 e. The molecule has 19 heavy (non-hydrogen) atoms. The summed E-state index contributed by atoms with van der Waals surface area (Å²) >= 11 is 0. The van der Waals surface area contributed by atoms with Gasteiger partial charge in [-0.1, -0.05) is 31.9 Å². The standard InChI is InChI=1S/C18H30O/c1-13-15-14(7-6-9-16(15,2)3)8-10-18(13)12-11-17(4,5)19-18/h13H,6-12H2,1-5H3/t13-,18+/m0/s1. The van der Waals surface area contributed by atoms with Gasteiger partial charge in [-0.05, 0) is 64.2 Å². The summed E-state index contributed by atoms with van der Waals surface area (Å²) < 4.78 is 6.60. The molecule has 0 bridgehead atoms. The molecule has 2 atom stereocenters. The van der Waals surface area contributed by atoms with Crippen LogP contribution in [0.4, 0.5) is 0 Å². The molecule has 0 amide bonds. The summed E-state index contributed by atoms with van der Waals surface area (Å²) in [6, 6.07) is 0. The van der Waals surface area contributed by atoms with Crippen LogP contribution in [-0.4, -0.2) is 11.2 Å². The van der Waals surface area contributed by atoms with Crippen molar-refractivity contribution in [1.82, 2.24) is 0 Å². The maximum absolute atomic E-state index is 6.60. The molecule has 0 aromatic rings. The molecule has 1 heterocycles. The lowest BCUT2D eigenvalue weighted by Gasteiger charge is -2.49. The minimum Gasteiger partial charge on any atom is -0.369 e. The molecule has 2 aliphatic carbocycles. The van der Waals surface area contributed by atoms with Gasteiger partial charge in [0.05, 0.1) is 11.2 Å². The van der Waals surface area contributed by atoms with Crippen molar-refractivity contribution in [2.24, 2.45) is 11.3 Å². The lowest BCUT2D eigenvalue weighted by atomic mass is 9.59. The normalized spacial score (nSPS) is 40.6. The Balaban J connectivity index is 1.97. The van der Waals surface area contributed by atoms with Gasteiger partial charge in [-0.25, -0.2) is 0 Å². The first-order chi connectivity index (χ1) is 8.76. The van der Waals surface area contributed by atoms with E-state index < -0.39 is 0 Å². The van der Waals surface area contributed by atoms with E-state index in [1.165, 1.54) is 44.9 Å². The molecule has 0 unspecified atom stereocenters. The summed E-state index contributed by atoms with van der Waals surface area (Å²) in [7, 11) is 0. The Hall–Kier alpha value is -0.300.